The molecule has 4 heteroatoms. The molecule has 0 bridgehead atoms. The highest BCUT2D eigenvalue weighted by Gasteiger charge is 2.24. The van der Waals surface area contributed by atoms with Crippen LogP contribution in [-0.4, -0.2) is 43.7 Å². The van der Waals surface area contributed by atoms with Gasteiger partial charge in [-0.05, 0) is 19.5 Å². The third-order valence-electron chi connectivity index (χ3n) is 3.15. The van der Waals surface area contributed by atoms with Crippen LogP contribution >= 0.6 is 0 Å². The molecule has 0 spiro atoms. The van der Waals surface area contributed by atoms with E-state index in [9.17, 15) is 4.79 Å². The average molecular weight is 248 g/mol. The predicted octanol–water partition coefficient (Wildman–Crippen LogP) is 0.942. The van der Waals surface area contributed by atoms with E-state index >= 15 is 0 Å². The summed E-state index contributed by atoms with van der Waals surface area (Å²) in [6.45, 7) is 4.79. The number of hydrogen-bond acceptors (Lipinski definition) is 3. The van der Waals surface area contributed by atoms with Crippen molar-refractivity contribution in [3.8, 4) is 0 Å². The lowest BCUT2D eigenvalue weighted by Gasteiger charge is -2.29. The number of rotatable bonds is 3. The summed E-state index contributed by atoms with van der Waals surface area (Å²) in [5.74, 6) is -0.0258. The number of carbonyl (C=O) groups is 1. The lowest BCUT2D eigenvalue weighted by molar-refractivity contribution is -0.137. The molecule has 1 heterocycles. The zero-order chi connectivity index (χ0) is 13.0. The molecule has 1 N–H and O–H groups in total. The second-order valence-electron chi connectivity index (χ2n) is 4.83. The van der Waals surface area contributed by atoms with E-state index in [4.69, 9.17) is 4.74 Å². The Morgan fingerprint density at radius 3 is 2.83 bits per heavy atom. The number of amides is 1. The number of carbonyl (C=O) groups excluding carboxylic acids is 1. The van der Waals surface area contributed by atoms with E-state index in [1.54, 1.807) is 0 Å². The fourth-order valence-electron chi connectivity index (χ4n) is 1.95. The largest absolute Gasteiger partial charge is 0.366 e. The van der Waals surface area contributed by atoms with Gasteiger partial charge >= 0.3 is 0 Å². The maximum Gasteiger partial charge on any atom is 0.250 e. The van der Waals surface area contributed by atoms with E-state index in [0.29, 0.717) is 19.7 Å². The summed E-state index contributed by atoms with van der Waals surface area (Å²) in [6.07, 6.45) is -0.339. The summed E-state index contributed by atoms with van der Waals surface area (Å²) in [7, 11) is 2.00. The molecule has 1 aliphatic rings. The van der Waals surface area contributed by atoms with Gasteiger partial charge in [-0.25, -0.2) is 0 Å². The summed E-state index contributed by atoms with van der Waals surface area (Å²) < 4.78 is 5.46. The zero-order valence-electron chi connectivity index (χ0n) is 11.0. The number of nitrogens with one attached hydrogen (secondary N) is 1. The van der Waals surface area contributed by atoms with Crippen molar-refractivity contribution in [2.24, 2.45) is 0 Å². The zero-order valence-corrected chi connectivity index (χ0v) is 11.0. The van der Waals surface area contributed by atoms with Crippen LogP contribution in [0.3, 0.4) is 0 Å². The Bertz CT molecular complexity index is 403. The Morgan fingerprint density at radius 1 is 1.44 bits per heavy atom. The van der Waals surface area contributed by atoms with E-state index in [2.05, 4.69) is 10.2 Å². The molecule has 98 valence electrons. The van der Waals surface area contributed by atoms with Crippen LogP contribution in [0.5, 0.6) is 0 Å². The molecule has 0 aliphatic carbocycles. The van der Waals surface area contributed by atoms with Gasteiger partial charge in [-0.1, -0.05) is 29.8 Å². The van der Waals surface area contributed by atoms with Gasteiger partial charge in [-0.15, -0.1) is 0 Å². The first-order valence-electron chi connectivity index (χ1n) is 6.28. The number of hydrogen-bond donors (Lipinski definition) is 1. The van der Waals surface area contributed by atoms with Gasteiger partial charge in [0.25, 0.3) is 5.91 Å². The second kappa shape index (κ2) is 5.98. The predicted molar refractivity (Wildman–Crippen MR) is 70.3 cm³/mol. The Kier molecular flexibility index (Phi) is 4.33. The molecule has 1 aliphatic heterocycles. The van der Waals surface area contributed by atoms with Gasteiger partial charge in [0.05, 0.1) is 6.61 Å². The van der Waals surface area contributed by atoms with Crippen molar-refractivity contribution in [1.82, 2.24) is 10.2 Å². The van der Waals surface area contributed by atoms with Crippen LogP contribution in [0.15, 0.2) is 24.3 Å². The van der Waals surface area contributed by atoms with Crippen molar-refractivity contribution >= 4 is 5.91 Å². The van der Waals surface area contributed by atoms with Gasteiger partial charge in [0.2, 0.25) is 0 Å². The minimum absolute atomic E-state index is 0.0258. The lowest BCUT2D eigenvalue weighted by Crippen LogP contribution is -2.48. The maximum atomic E-state index is 11.9. The molecule has 1 aromatic rings. The lowest BCUT2D eigenvalue weighted by atomic mass is 10.1. The van der Waals surface area contributed by atoms with Crippen LogP contribution in [0.1, 0.15) is 11.1 Å². The number of morpholine rings is 1. The number of nitrogens with zero attached hydrogens (tertiary/aromatic N) is 1. The van der Waals surface area contributed by atoms with E-state index in [0.717, 1.165) is 12.1 Å². The number of likely N-dealkylation sites (N-methyl/N-ethyl adjacent to an activating group) is 1. The van der Waals surface area contributed by atoms with Gasteiger partial charge in [-0.2, -0.15) is 0 Å². The molecule has 18 heavy (non-hydrogen) atoms. The highest BCUT2D eigenvalue weighted by Crippen LogP contribution is 2.05. The molecule has 1 saturated heterocycles. The van der Waals surface area contributed by atoms with Crippen LogP contribution in [0.4, 0.5) is 0 Å². The third kappa shape index (κ3) is 3.55. The van der Waals surface area contributed by atoms with Gasteiger partial charge in [-0.3, -0.25) is 4.79 Å². The fraction of sp³-hybridized carbons (Fsp3) is 0.500. The third-order valence-corrected chi connectivity index (χ3v) is 3.15. The molecule has 1 atom stereocenters. The summed E-state index contributed by atoms with van der Waals surface area (Å²) in [5.41, 5.74) is 2.33. The second-order valence-corrected chi connectivity index (χ2v) is 4.83. The molecule has 2 rings (SSSR count). The minimum atomic E-state index is -0.339. The molecule has 1 unspecified atom stereocenters. The van der Waals surface area contributed by atoms with Crippen LogP contribution in [0, 0.1) is 6.92 Å². The molecule has 4 nitrogen and oxygen atoms in total. The highest BCUT2D eigenvalue weighted by atomic mass is 16.5. The van der Waals surface area contributed by atoms with Crippen molar-refractivity contribution < 1.29 is 9.53 Å². The number of ether oxygens (including phenoxy) is 1. The molecule has 0 radical (unpaired) electrons. The van der Waals surface area contributed by atoms with Gasteiger partial charge in [0.15, 0.2) is 0 Å². The van der Waals surface area contributed by atoms with Crippen molar-refractivity contribution in [3.05, 3.63) is 35.4 Å². The van der Waals surface area contributed by atoms with E-state index in [1.165, 1.54) is 5.56 Å². The Balaban J connectivity index is 1.82. The number of benzene rings is 1. The SMILES string of the molecule is Cc1ccc(CNC(=O)C2CN(C)CCO2)cc1. The molecule has 1 amide bonds. The van der Waals surface area contributed by atoms with Gasteiger partial charge in [0.1, 0.15) is 6.10 Å². The van der Waals surface area contributed by atoms with E-state index in [1.807, 2.05) is 38.2 Å². The van der Waals surface area contributed by atoms with Crippen LogP contribution in [0.2, 0.25) is 0 Å². The monoisotopic (exact) mass is 248 g/mol. The van der Waals surface area contributed by atoms with Gasteiger partial charge < -0.3 is 15.0 Å². The van der Waals surface area contributed by atoms with Crippen molar-refractivity contribution in [2.75, 3.05) is 26.7 Å². The quantitative estimate of drug-likeness (QED) is 0.865. The normalized spacial score (nSPS) is 20.7. The average Bonchev–Trinajstić information content (AvgIpc) is 2.38. The summed E-state index contributed by atoms with van der Waals surface area (Å²) in [5, 5.41) is 2.92. The topological polar surface area (TPSA) is 41.6 Å². The van der Waals surface area contributed by atoms with Crippen molar-refractivity contribution in [1.29, 1.82) is 0 Å². The van der Waals surface area contributed by atoms with Crippen molar-refractivity contribution in [2.45, 2.75) is 19.6 Å². The standard InChI is InChI=1S/C14H20N2O2/c1-11-3-5-12(6-4-11)9-15-14(17)13-10-16(2)7-8-18-13/h3-6,13H,7-10H2,1-2H3,(H,15,17). The van der Waals surface area contributed by atoms with E-state index in [-0.39, 0.29) is 12.0 Å². The highest BCUT2D eigenvalue weighted by molar-refractivity contribution is 5.81. The molecule has 1 fully saturated rings. The van der Waals surface area contributed by atoms with Crippen LogP contribution in [-0.2, 0) is 16.1 Å². The van der Waals surface area contributed by atoms with Crippen LogP contribution in [0.25, 0.3) is 0 Å². The summed E-state index contributed by atoms with van der Waals surface area (Å²) >= 11 is 0. The summed E-state index contributed by atoms with van der Waals surface area (Å²) in [4.78, 5) is 14.0. The molecular weight excluding hydrogens is 228 g/mol. The molecule has 0 saturated carbocycles. The fourth-order valence-corrected chi connectivity index (χ4v) is 1.95. The van der Waals surface area contributed by atoms with Gasteiger partial charge in [0, 0.05) is 19.6 Å². The smallest absolute Gasteiger partial charge is 0.250 e. The molecule has 0 aromatic heterocycles. The first-order valence-corrected chi connectivity index (χ1v) is 6.28. The van der Waals surface area contributed by atoms with Crippen LogP contribution < -0.4 is 5.32 Å². The first-order chi connectivity index (χ1) is 8.65. The molecular formula is C14H20N2O2. The maximum absolute atomic E-state index is 11.9. The molecule has 1 aromatic carbocycles. The Morgan fingerprint density at radius 2 is 2.17 bits per heavy atom. The van der Waals surface area contributed by atoms with Crippen molar-refractivity contribution in [3.63, 3.8) is 0 Å². The Hall–Kier alpha value is -1.39. The summed E-state index contributed by atoms with van der Waals surface area (Å²) in [6, 6.07) is 8.16. The van der Waals surface area contributed by atoms with E-state index < -0.39 is 0 Å². The minimum Gasteiger partial charge on any atom is -0.366 e. The first kappa shape index (κ1) is 13.1. The number of aryl methyl sites for hydroxylation is 1. The Labute approximate surface area is 108 Å².